The molecule has 1 heterocycles. The Hall–Kier alpha value is -0.350. The van der Waals surface area contributed by atoms with E-state index in [9.17, 15) is 4.79 Å². The molecular weight excluding hydrogens is 286 g/mol. The van der Waals surface area contributed by atoms with Crippen LogP contribution in [-0.2, 0) is 0 Å². The third-order valence-electron chi connectivity index (χ3n) is 2.45. The van der Waals surface area contributed by atoms with Crippen molar-refractivity contribution in [2.24, 2.45) is 0 Å². The summed E-state index contributed by atoms with van der Waals surface area (Å²) in [5, 5.41) is 3.02. The molecule has 4 heteroatoms. The van der Waals surface area contributed by atoms with E-state index in [4.69, 9.17) is 0 Å². The molecule has 1 atom stereocenters. The van der Waals surface area contributed by atoms with E-state index >= 15 is 0 Å². The molecule has 2 nitrogen and oxygen atoms in total. The average Bonchev–Trinajstić information content (AvgIpc) is 2.56. The van der Waals surface area contributed by atoms with Crippen LogP contribution in [0.5, 0.6) is 0 Å². The lowest BCUT2D eigenvalue weighted by atomic mass is 10.1. The molecule has 0 aromatic carbocycles. The molecular formula is C12H18BrNOS. The Morgan fingerprint density at radius 1 is 1.62 bits per heavy atom. The van der Waals surface area contributed by atoms with Crippen molar-refractivity contribution >= 4 is 33.2 Å². The molecule has 0 aliphatic rings. The summed E-state index contributed by atoms with van der Waals surface area (Å²) in [5.41, 5.74) is 1.12. The zero-order valence-corrected chi connectivity index (χ0v) is 12.4. The second kappa shape index (κ2) is 6.40. The van der Waals surface area contributed by atoms with Crippen molar-refractivity contribution in [2.75, 3.05) is 0 Å². The largest absolute Gasteiger partial charge is 0.349 e. The zero-order chi connectivity index (χ0) is 12.1. The summed E-state index contributed by atoms with van der Waals surface area (Å²) < 4.78 is 1.04. The van der Waals surface area contributed by atoms with E-state index in [0.717, 1.165) is 27.1 Å². The first-order valence-electron chi connectivity index (χ1n) is 5.61. The lowest BCUT2D eigenvalue weighted by Gasteiger charge is -2.12. The topological polar surface area (TPSA) is 29.1 Å². The minimum Gasteiger partial charge on any atom is -0.349 e. The predicted octanol–water partition coefficient (Wildman–Crippen LogP) is 4.13. The minimum absolute atomic E-state index is 0.0439. The first-order chi connectivity index (χ1) is 7.54. The van der Waals surface area contributed by atoms with E-state index in [1.807, 2.05) is 13.0 Å². The first-order valence-corrected chi connectivity index (χ1v) is 7.22. The number of halogens is 1. The highest BCUT2D eigenvalue weighted by molar-refractivity contribution is 9.11. The molecule has 1 N–H and O–H groups in total. The number of carbonyl (C=O) groups is 1. The van der Waals surface area contributed by atoms with E-state index in [2.05, 4.69) is 35.1 Å². The molecule has 1 amide bonds. The second-order valence-corrected chi connectivity index (χ2v) is 6.45. The lowest BCUT2D eigenvalue weighted by Crippen LogP contribution is -2.31. The van der Waals surface area contributed by atoms with Crippen LogP contribution in [0.3, 0.4) is 0 Å². The summed E-state index contributed by atoms with van der Waals surface area (Å²) in [6.45, 7) is 6.22. The Morgan fingerprint density at radius 3 is 2.81 bits per heavy atom. The maximum Gasteiger partial charge on any atom is 0.261 e. The Balaban J connectivity index is 2.52. The number of aryl methyl sites for hydroxylation is 1. The van der Waals surface area contributed by atoms with Crippen LogP contribution in [0, 0.1) is 6.92 Å². The number of thiophene rings is 1. The van der Waals surface area contributed by atoms with Crippen molar-refractivity contribution < 1.29 is 4.79 Å². The SMILES string of the molecule is CCCCC(C)NC(=O)c1cc(C)c(Br)s1. The molecule has 1 aromatic heterocycles. The van der Waals surface area contributed by atoms with E-state index < -0.39 is 0 Å². The van der Waals surface area contributed by atoms with Crippen LogP contribution in [0.25, 0.3) is 0 Å². The van der Waals surface area contributed by atoms with Gasteiger partial charge >= 0.3 is 0 Å². The molecule has 0 saturated heterocycles. The minimum atomic E-state index is 0.0439. The molecule has 1 aromatic rings. The summed E-state index contributed by atoms with van der Waals surface area (Å²) in [6, 6.07) is 2.19. The van der Waals surface area contributed by atoms with Gasteiger partial charge in [-0.3, -0.25) is 4.79 Å². The van der Waals surface area contributed by atoms with Gasteiger partial charge in [0.2, 0.25) is 0 Å². The average molecular weight is 304 g/mol. The highest BCUT2D eigenvalue weighted by atomic mass is 79.9. The third kappa shape index (κ3) is 3.91. The van der Waals surface area contributed by atoms with E-state index in [0.29, 0.717) is 0 Å². The number of unbranched alkanes of at least 4 members (excludes halogenated alkanes) is 1. The van der Waals surface area contributed by atoms with Crippen LogP contribution in [0.4, 0.5) is 0 Å². The van der Waals surface area contributed by atoms with Gasteiger partial charge in [-0.1, -0.05) is 19.8 Å². The van der Waals surface area contributed by atoms with Crippen LogP contribution in [0.15, 0.2) is 9.85 Å². The predicted molar refractivity (Wildman–Crippen MR) is 73.2 cm³/mol. The van der Waals surface area contributed by atoms with Crippen LogP contribution in [0.1, 0.15) is 48.3 Å². The van der Waals surface area contributed by atoms with Gasteiger partial charge in [0.25, 0.3) is 5.91 Å². The number of amides is 1. The Morgan fingerprint density at radius 2 is 2.31 bits per heavy atom. The highest BCUT2D eigenvalue weighted by Crippen LogP contribution is 2.27. The van der Waals surface area contributed by atoms with Crippen LogP contribution < -0.4 is 5.32 Å². The molecule has 0 fully saturated rings. The summed E-state index contributed by atoms with van der Waals surface area (Å²) in [5.74, 6) is 0.0439. The molecule has 1 unspecified atom stereocenters. The van der Waals surface area contributed by atoms with Gasteiger partial charge < -0.3 is 5.32 Å². The second-order valence-electron chi connectivity index (χ2n) is 4.08. The van der Waals surface area contributed by atoms with Crippen LogP contribution >= 0.6 is 27.3 Å². The molecule has 0 aliphatic carbocycles. The first kappa shape index (κ1) is 13.7. The van der Waals surface area contributed by atoms with Crippen LogP contribution in [0.2, 0.25) is 0 Å². The van der Waals surface area contributed by atoms with Gasteiger partial charge in [0, 0.05) is 6.04 Å². The fourth-order valence-electron chi connectivity index (χ4n) is 1.45. The van der Waals surface area contributed by atoms with Crippen molar-refractivity contribution in [3.8, 4) is 0 Å². The number of rotatable bonds is 5. The molecule has 0 saturated carbocycles. The third-order valence-corrected chi connectivity index (χ3v) is 4.58. The molecule has 16 heavy (non-hydrogen) atoms. The number of hydrogen-bond acceptors (Lipinski definition) is 2. The Bertz CT molecular complexity index is 342. The van der Waals surface area contributed by atoms with Crippen molar-refractivity contribution in [3.63, 3.8) is 0 Å². The van der Waals surface area contributed by atoms with Gasteiger partial charge in [0.1, 0.15) is 0 Å². The maximum atomic E-state index is 11.9. The van der Waals surface area contributed by atoms with Crippen LogP contribution in [-0.4, -0.2) is 11.9 Å². The summed E-state index contributed by atoms with van der Waals surface area (Å²) in [6.07, 6.45) is 3.38. The molecule has 0 aliphatic heterocycles. The van der Waals surface area contributed by atoms with Crippen molar-refractivity contribution in [1.29, 1.82) is 0 Å². The quantitative estimate of drug-likeness (QED) is 0.871. The fraction of sp³-hybridized carbons (Fsp3) is 0.583. The van der Waals surface area contributed by atoms with Gasteiger partial charge in [-0.15, -0.1) is 11.3 Å². The number of nitrogens with one attached hydrogen (secondary N) is 1. The molecule has 90 valence electrons. The molecule has 0 bridgehead atoms. The van der Waals surface area contributed by atoms with Crippen molar-refractivity contribution in [2.45, 2.75) is 46.1 Å². The molecule has 0 radical (unpaired) electrons. The molecule has 0 spiro atoms. The molecule has 1 rings (SSSR count). The van der Waals surface area contributed by atoms with Gasteiger partial charge in [0.15, 0.2) is 0 Å². The summed E-state index contributed by atoms with van der Waals surface area (Å²) in [4.78, 5) is 12.6. The van der Waals surface area contributed by atoms with E-state index in [1.165, 1.54) is 17.8 Å². The van der Waals surface area contributed by atoms with E-state index in [1.54, 1.807) is 0 Å². The summed E-state index contributed by atoms with van der Waals surface area (Å²) in [7, 11) is 0. The van der Waals surface area contributed by atoms with Gasteiger partial charge in [-0.2, -0.15) is 0 Å². The van der Waals surface area contributed by atoms with Gasteiger partial charge in [-0.05, 0) is 47.8 Å². The van der Waals surface area contributed by atoms with Crippen molar-refractivity contribution in [3.05, 3.63) is 20.3 Å². The number of carbonyl (C=O) groups excluding carboxylic acids is 1. The summed E-state index contributed by atoms with van der Waals surface area (Å²) >= 11 is 4.92. The standard InChI is InChI=1S/C12H18BrNOS/c1-4-5-6-9(3)14-12(15)10-7-8(2)11(13)16-10/h7,9H,4-6H2,1-3H3,(H,14,15). The lowest BCUT2D eigenvalue weighted by molar-refractivity contribution is 0.0942. The van der Waals surface area contributed by atoms with Gasteiger partial charge in [-0.25, -0.2) is 0 Å². The Kier molecular flexibility index (Phi) is 5.49. The fourth-order valence-corrected chi connectivity index (χ4v) is 2.89. The smallest absolute Gasteiger partial charge is 0.261 e. The Labute approximate surface area is 110 Å². The monoisotopic (exact) mass is 303 g/mol. The highest BCUT2D eigenvalue weighted by Gasteiger charge is 2.13. The van der Waals surface area contributed by atoms with E-state index in [-0.39, 0.29) is 11.9 Å². The normalized spacial score (nSPS) is 12.5. The number of hydrogen-bond donors (Lipinski definition) is 1. The van der Waals surface area contributed by atoms with Crippen molar-refractivity contribution in [1.82, 2.24) is 5.32 Å². The zero-order valence-electron chi connectivity index (χ0n) is 9.97. The maximum absolute atomic E-state index is 11.9. The van der Waals surface area contributed by atoms with Gasteiger partial charge in [0.05, 0.1) is 8.66 Å².